The van der Waals surface area contributed by atoms with Crippen LogP contribution < -0.4 is 4.57 Å². The molecule has 35 heavy (non-hydrogen) atoms. The Bertz CT molecular complexity index is 535. The molecule has 0 saturated carbocycles. The number of imidazole rings is 1. The van der Waals surface area contributed by atoms with Crippen molar-refractivity contribution < 1.29 is 4.57 Å². The number of aromatic nitrogens is 2. The van der Waals surface area contributed by atoms with Gasteiger partial charge in [-0.1, -0.05) is 155 Å². The minimum absolute atomic E-state index is 0.711. The minimum Gasteiger partial charge on any atom is -0.240 e. The highest BCUT2D eigenvalue weighted by Crippen LogP contribution is 2.20. The van der Waals surface area contributed by atoms with Crippen LogP contribution in [0.4, 0.5) is 0 Å². The SMILES string of the molecule is CCCCCCCCCCCCCCCCCCC(CCCCCCCCCC)[n+]1ccn(C)c1. The summed E-state index contributed by atoms with van der Waals surface area (Å²) in [4.78, 5) is 0. The Morgan fingerprint density at radius 2 is 0.800 bits per heavy atom. The lowest BCUT2D eigenvalue weighted by molar-refractivity contribution is -0.724. The van der Waals surface area contributed by atoms with Gasteiger partial charge < -0.3 is 0 Å². The van der Waals surface area contributed by atoms with Crippen LogP contribution in [0.25, 0.3) is 0 Å². The molecule has 1 unspecified atom stereocenters. The largest absolute Gasteiger partial charge is 0.243 e. The van der Waals surface area contributed by atoms with E-state index in [2.05, 4.69) is 48.8 Å². The topological polar surface area (TPSA) is 8.81 Å². The molecular formula is C33H65N2+. The lowest BCUT2D eigenvalue weighted by Crippen LogP contribution is -2.37. The van der Waals surface area contributed by atoms with Crippen LogP contribution in [0, 0.1) is 0 Å². The zero-order valence-corrected chi connectivity index (χ0v) is 24.6. The van der Waals surface area contributed by atoms with Crippen molar-refractivity contribution in [1.82, 2.24) is 4.57 Å². The predicted molar refractivity (Wildman–Crippen MR) is 156 cm³/mol. The summed E-state index contributed by atoms with van der Waals surface area (Å²) >= 11 is 0. The van der Waals surface area contributed by atoms with Gasteiger partial charge in [-0.3, -0.25) is 0 Å². The molecule has 1 heterocycles. The smallest absolute Gasteiger partial charge is 0.240 e. The maximum Gasteiger partial charge on any atom is 0.243 e. The minimum atomic E-state index is 0.711. The Balaban J connectivity index is 1.99. The average Bonchev–Trinajstić information content (AvgIpc) is 3.30. The molecule has 0 fully saturated rings. The summed E-state index contributed by atoms with van der Waals surface area (Å²) in [5.74, 6) is 0. The van der Waals surface area contributed by atoms with Crippen LogP contribution in [0.1, 0.15) is 187 Å². The van der Waals surface area contributed by atoms with E-state index >= 15 is 0 Å². The van der Waals surface area contributed by atoms with E-state index in [4.69, 9.17) is 0 Å². The molecule has 0 radical (unpaired) electrons. The molecular weight excluding hydrogens is 424 g/mol. The van der Waals surface area contributed by atoms with Crippen molar-refractivity contribution in [3.05, 3.63) is 18.7 Å². The Hall–Kier alpha value is -0.790. The quantitative estimate of drug-likeness (QED) is 0.0858. The fourth-order valence-corrected chi connectivity index (χ4v) is 5.57. The van der Waals surface area contributed by atoms with Crippen LogP contribution in [0.5, 0.6) is 0 Å². The third-order valence-electron chi connectivity index (χ3n) is 7.99. The third-order valence-corrected chi connectivity index (χ3v) is 7.99. The molecule has 0 aliphatic rings. The predicted octanol–water partition coefficient (Wildman–Crippen LogP) is 11.0. The maximum atomic E-state index is 2.49. The van der Waals surface area contributed by atoms with Gasteiger partial charge in [0.1, 0.15) is 18.4 Å². The molecule has 0 aromatic carbocycles. The molecule has 1 rings (SSSR count). The molecule has 0 bridgehead atoms. The first-order valence-electron chi connectivity index (χ1n) is 16.3. The van der Waals surface area contributed by atoms with Crippen LogP contribution in [0.2, 0.25) is 0 Å². The van der Waals surface area contributed by atoms with Gasteiger partial charge in [-0.05, 0) is 25.7 Å². The Morgan fingerprint density at radius 3 is 1.09 bits per heavy atom. The molecule has 0 amide bonds. The van der Waals surface area contributed by atoms with Gasteiger partial charge in [-0.25, -0.2) is 9.13 Å². The molecule has 0 aliphatic carbocycles. The zero-order valence-electron chi connectivity index (χ0n) is 24.6. The summed E-state index contributed by atoms with van der Waals surface area (Å²) in [6.07, 6.45) is 44.2. The van der Waals surface area contributed by atoms with E-state index in [-0.39, 0.29) is 0 Å². The standard InChI is InChI=1S/C33H65N2/c1-4-6-8-10-12-14-15-16-17-18-19-20-21-23-25-27-29-33(35-31-30-34(3)32-35)28-26-24-22-13-11-9-7-5-2/h30-33H,4-29H2,1-3H3/q+1. The molecule has 2 heteroatoms. The van der Waals surface area contributed by atoms with Crippen molar-refractivity contribution >= 4 is 0 Å². The normalized spacial score (nSPS) is 12.4. The lowest BCUT2D eigenvalue weighted by atomic mass is 9.99. The highest BCUT2D eigenvalue weighted by atomic mass is 15.1. The second-order valence-corrected chi connectivity index (χ2v) is 11.5. The summed E-state index contributed by atoms with van der Waals surface area (Å²) in [5, 5.41) is 0. The van der Waals surface area contributed by atoms with Gasteiger partial charge in [-0.2, -0.15) is 0 Å². The number of nitrogens with zero attached hydrogens (tertiary/aromatic N) is 2. The maximum absolute atomic E-state index is 2.49. The third kappa shape index (κ3) is 20.0. The van der Waals surface area contributed by atoms with Crippen LogP contribution in [0.15, 0.2) is 18.7 Å². The van der Waals surface area contributed by atoms with Gasteiger partial charge in [0.25, 0.3) is 0 Å². The molecule has 0 saturated heterocycles. The Morgan fingerprint density at radius 1 is 0.486 bits per heavy atom. The van der Waals surface area contributed by atoms with E-state index in [1.54, 1.807) is 0 Å². The number of aryl methyl sites for hydroxylation is 1. The van der Waals surface area contributed by atoms with E-state index in [1.807, 2.05) is 0 Å². The van der Waals surface area contributed by atoms with E-state index < -0.39 is 0 Å². The lowest BCUT2D eigenvalue weighted by Gasteiger charge is -2.14. The molecule has 0 N–H and O–H groups in total. The number of unbranched alkanes of at least 4 members (excludes halogenated alkanes) is 22. The van der Waals surface area contributed by atoms with E-state index in [1.165, 1.54) is 167 Å². The van der Waals surface area contributed by atoms with Gasteiger partial charge in [0.15, 0.2) is 0 Å². The van der Waals surface area contributed by atoms with E-state index in [0.29, 0.717) is 6.04 Å². The number of rotatable bonds is 27. The van der Waals surface area contributed by atoms with E-state index in [9.17, 15) is 0 Å². The zero-order chi connectivity index (χ0) is 25.2. The first-order chi connectivity index (χ1) is 17.3. The second kappa shape index (κ2) is 24.9. The monoisotopic (exact) mass is 490 g/mol. The Labute approximate surface area is 221 Å². The molecule has 206 valence electrons. The fraction of sp³-hybridized carbons (Fsp3) is 0.909. The fourth-order valence-electron chi connectivity index (χ4n) is 5.57. The van der Waals surface area contributed by atoms with Crippen molar-refractivity contribution in [3.8, 4) is 0 Å². The Kier molecular flexibility index (Phi) is 22.9. The van der Waals surface area contributed by atoms with Gasteiger partial charge in [0.2, 0.25) is 6.33 Å². The summed E-state index contributed by atoms with van der Waals surface area (Å²) in [5.41, 5.74) is 0. The molecule has 2 nitrogen and oxygen atoms in total. The van der Waals surface area contributed by atoms with Crippen molar-refractivity contribution in [3.63, 3.8) is 0 Å². The van der Waals surface area contributed by atoms with Gasteiger partial charge in [0.05, 0.1) is 7.05 Å². The molecule has 1 aromatic rings. The van der Waals surface area contributed by atoms with Crippen molar-refractivity contribution in [2.24, 2.45) is 7.05 Å². The number of hydrogen-bond acceptors (Lipinski definition) is 0. The molecule has 1 aromatic heterocycles. The van der Waals surface area contributed by atoms with Crippen LogP contribution in [-0.4, -0.2) is 4.57 Å². The van der Waals surface area contributed by atoms with Gasteiger partial charge in [-0.15, -0.1) is 0 Å². The van der Waals surface area contributed by atoms with Gasteiger partial charge >= 0.3 is 0 Å². The first-order valence-corrected chi connectivity index (χ1v) is 16.3. The van der Waals surface area contributed by atoms with Crippen molar-refractivity contribution in [2.45, 2.75) is 187 Å². The summed E-state index contributed by atoms with van der Waals surface area (Å²) in [7, 11) is 2.15. The van der Waals surface area contributed by atoms with Crippen LogP contribution in [0.3, 0.4) is 0 Å². The summed E-state index contributed by atoms with van der Waals surface area (Å²) < 4.78 is 4.70. The van der Waals surface area contributed by atoms with Crippen LogP contribution >= 0.6 is 0 Å². The van der Waals surface area contributed by atoms with Crippen molar-refractivity contribution in [2.75, 3.05) is 0 Å². The highest BCUT2D eigenvalue weighted by Gasteiger charge is 2.15. The van der Waals surface area contributed by atoms with Gasteiger partial charge in [0, 0.05) is 0 Å². The average molecular weight is 490 g/mol. The first kappa shape index (κ1) is 32.2. The second-order valence-electron chi connectivity index (χ2n) is 11.5. The summed E-state index contributed by atoms with van der Waals surface area (Å²) in [6, 6.07) is 0.711. The highest BCUT2D eigenvalue weighted by molar-refractivity contribution is 4.65. The molecule has 0 spiro atoms. The number of hydrogen-bond donors (Lipinski definition) is 0. The summed E-state index contributed by atoms with van der Waals surface area (Å²) in [6.45, 7) is 4.61. The molecule has 1 atom stereocenters. The van der Waals surface area contributed by atoms with Crippen molar-refractivity contribution in [1.29, 1.82) is 0 Å². The van der Waals surface area contributed by atoms with Crippen LogP contribution in [-0.2, 0) is 7.05 Å². The molecule has 0 aliphatic heterocycles. The van der Waals surface area contributed by atoms with E-state index in [0.717, 1.165) is 0 Å².